The first kappa shape index (κ1) is 18.5. The minimum atomic E-state index is -0.799. The smallest absolute Gasteiger partial charge is 0.261 e. The highest BCUT2D eigenvalue weighted by Gasteiger charge is 2.25. The Bertz CT molecular complexity index is 920. The van der Waals surface area contributed by atoms with Gasteiger partial charge in [-0.25, -0.2) is 0 Å². The van der Waals surface area contributed by atoms with Crippen molar-refractivity contribution in [3.63, 3.8) is 0 Å². The number of rotatable bonds is 4. The van der Waals surface area contributed by atoms with E-state index in [0.29, 0.717) is 39.7 Å². The molecule has 1 unspecified atom stereocenters. The van der Waals surface area contributed by atoms with E-state index in [4.69, 9.17) is 28.9 Å². The van der Waals surface area contributed by atoms with Crippen LogP contribution in [0.1, 0.15) is 46.1 Å². The number of hydrogen-bond donors (Lipinski definition) is 3. The molecular formula is C18H17Cl2N3O3. The van der Waals surface area contributed by atoms with Crippen LogP contribution in [0.3, 0.4) is 0 Å². The molecule has 1 aliphatic carbocycles. The van der Waals surface area contributed by atoms with Gasteiger partial charge in [-0.2, -0.15) is 0 Å². The standard InChI is InChI=1S/C18H17Cl2N3O3/c19-12-3-1-4-13(20)9(12)8-16(24)22-14-5-2-6-15-10(14)7-11(17(21)25)18(26)23-15/h1,3-4,7,14H,2,5-6,8H2,(H2,21,25)(H,22,24)(H,23,26). The molecule has 2 aromatic rings. The maximum Gasteiger partial charge on any atom is 0.261 e. The van der Waals surface area contributed by atoms with E-state index in [1.807, 2.05) is 0 Å². The van der Waals surface area contributed by atoms with Crippen LogP contribution in [0, 0.1) is 0 Å². The third-order valence-electron chi connectivity index (χ3n) is 4.45. The van der Waals surface area contributed by atoms with E-state index in [9.17, 15) is 14.4 Å². The molecule has 1 heterocycles. The number of aryl methyl sites for hydroxylation is 1. The number of hydrogen-bond acceptors (Lipinski definition) is 3. The predicted octanol–water partition coefficient (Wildman–Crippen LogP) is 2.52. The number of amides is 2. The first-order valence-electron chi connectivity index (χ1n) is 8.15. The molecular weight excluding hydrogens is 377 g/mol. The van der Waals surface area contributed by atoms with Crippen molar-refractivity contribution in [2.24, 2.45) is 5.73 Å². The van der Waals surface area contributed by atoms with Gasteiger partial charge in [0.15, 0.2) is 0 Å². The van der Waals surface area contributed by atoms with Crippen molar-refractivity contribution in [3.8, 4) is 0 Å². The monoisotopic (exact) mass is 393 g/mol. The van der Waals surface area contributed by atoms with Gasteiger partial charge in [-0.1, -0.05) is 29.3 Å². The van der Waals surface area contributed by atoms with Crippen molar-refractivity contribution in [1.29, 1.82) is 0 Å². The Morgan fingerprint density at radius 3 is 2.62 bits per heavy atom. The topological polar surface area (TPSA) is 105 Å². The van der Waals surface area contributed by atoms with Crippen LogP contribution in [0.5, 0.6) is 0 Å². The summed E-state index contributed by atoms with van der Waals surface area (Å²) < 4.78 is 0. The minimum Gasteiger partial charge on any atom is -0.365 e. The number of benzene rings is 1. The predicted molar refractivity (Wildman–Crippen MR) is 99.6 cm³/mol. The van der Waals surface area contributed by atoms with Gasteiger partial charge in [0.1, 0.15) is 5.56 Å². The number of fused-ring (bicyclic) bond motifs is 1. The zero-order valence-electron chi connectivity index (χ0n) is 13.8. The van der Waals surface area contributed by atoms with Gasteiger partial charge >= 0.3 is 0 Å². The molecule has 0 aliphatic heterocycles. The van der Waals surface area contributed by atoms with E-state index in [0.717, 1.165) is 6.42 Å². The molecule has 0 saturated heterocycles. The number of aromatic nitrogens is 1. The lowest BCUT2D eigenvalue weighted by atomic mass is 9.90. The summed E-state index contributed by atoms with van der Waals surface area (Å²) in [5, 5.41) is 3.79. The highest BCUT2D eigenvalue weighted by Crippen LogP contribution is 2.29. The highest BCUT2D eigenvalue weighted by atomic mass is 35.5. The van der Waals surface area contributed by atoms with E-state index in [1.165, 1.54) is 6.07 Å². The van der Waals surface area contributed by atoms with Crippen molar-refractivity contribution in [2.75, 3.05) is 0 Å². The van der Waals surface area contributed by atoms with Crippen molar-refractivity contribution in [2.45, 2.75) is 31.7 Å². The Kier molecular flexibility index (Phi) is 5.34. The van der Waals surface area contributed by atoms with Crippen LogP contribution in [0.25, 0.3) is 0 Å². The molecule has 2 amide bonds. The lowest BCUT2D eigenvalue weighted by Gasteiger charge is -2.26. The molecule has 1 aromatic heterocycles. The Morgan fingerprint density at radius 1 is 1.27 bits per heavy atom. The molecule has 26 heavy (non-hydrogen) atoms. The number of nitrogens with one attached hydrogen (secondary N) is 2. The number of carbonyl (C=O) groups excluding carboxylic acids is 2. The Morgan fingerprint density at radius 2 is 1.96 bits per heavy atom. The molecule has 4 N–H and O–H groups in total. The Hall–Kier alpha value is -2.31. The van der Waals surface area contributed by atoms with Gasteiger partial charge < -0.3 is 16.0 Å². The van der Waals surface area contributed by atoms with Crippen LogP contribution >= 0.6 is 23.2 Å². The first-order valence-corrected chi connectivity index (χ1v) is 8.90. The van der Waals surface area contributed by atoms with Crippen molar-refractivity contribution in [1.82, 2.24) is 10.3 Å². The molecule has 6 nitrogen and oxygen atoms in total. The molecule has 1 atom stereocenters. The number of halogens is 2. The number of nitrogens with two attached hydrogens (primary N) is 1. The molecule has 0 radical (unpaired) electrons. The molecule has 0 fully saturated rings. The van der Waals surface area contributed by atoms with Crippen LogP contribution in [-0.4, -0.2) is 16.8 Å². The Labute approximate surface area is 159 Å². The number of pyridine rings is 1. The molecule has 8 heteroatoms. The van der Waals surface area contributed by atoms with E-state index in [-0.39, 0.29) is 23.9 Å². The fraction of sp³-hybridized carbons (Fsp3) is 0.278. The fourth-order valence-electron chi connectivity index (χ4n) is 3.18. The zero-order chi connectivity index (χ0) is 18.8. The number of aromatic amines is 1. The second-order valence-electron chi connectivity index (χ2n) is 6.20. The van der Waals surface area contributed by atoms with Gasteiger partial charge in [0.05, 0.1) is 12.5 Å². The van der Waals surface area contributed by atoms with E-state index in [1.54, 1.807) is 18.2 Å². The summed E-state index contributed by atoms with van der Waals surface area (Å²) in [5.41, 5.74) is 6.62. The van der Waals surface area contributed by atoms with Crippen molar-refractivity contribution < 1.29 is 9.59 Å². The summed E-state index contributed by atoms with van der Waals surface area (Å²) in [6, 6.07) is 6.22. The molecule has 0 bridgehead atoms. The molecule has 3 rings (SSSR count). The first-order chi connectivity index (χ1) is 12.4. The highest BCUT2D eigenvalue weighted by molar-refractivity contribution is 6.36. The van der Waals surface area contributed by atoms with Crippen LogP contribution in [0.4, 0.5) is 0 Å². The summed E-state index contributed by atoms with van der Waals surface area (Å²) in [4.78, 5) is 38.5. The average Bonchev–Trinajstić information content (AvgIpc) is 2.57. The van der Waals surface area contributed by atoms with Gasteiger partial charge in [0.25, 0.3) is 11.5 Å². The summed E-state index contributed by atoms with van der Waals surface area (Å²) in [6.07, 6.45) is 2.21. The molecule has 1 aliphatic rings. The van der Waals surface area contributed by atoms with Gasteiger partial charge in [-0.05, 0) is 48.6 Å². The van der Waals surface area contributed by atoms with Gasteiger partial charge in [-0.15, -0.1) is 0 Å². The van der Waals surface area contributed by atoms with Crippen LogP contribution < -0.4 is 16.6 Å². The molecule has 0 spiro atoms. The average molecular weight is 394 g/mol. The van der Waals surface area contributed by atoms with Gasteiger partial charge in [-0.3, -0.25) is 14.4 Å². The largest absolute Gasteiger partial charge is 0.365 e. The summed E-state index contributed by atoms with van der Waals surface area (Å²) in [6.45, 7) is 0. The van der Waals surface area contributed by atoms with Gasteiger partial charge in [0, 0.05) is 15.7 Å². The lowest BCUT2D eigenvalue weighted by molar-refractivity contribution is -0.121. The number of primary amides is 1. The summed E-state index contributed by atoms with van der Waals surface area (Å²) in [5.74, 6) is -1.04. The van der Waals surface area contributed by atoms with Crippen molar-refractivity contribution >= 4 is 35.0 Å². The van der Waals surface area contributed by atoms with Crippen LogP contribution in [0.15, 0.2) is 29.1 Å². The van der Waals surface area contributed by atoms with E-state index >= 15 is 0 Å². The summed E-state index contributed by atoms with van der Waals surface area (Å²) in [7, 11) is 0. The normalized spacial score (nSPS) is 16.0. The second-order valence-corrected chi connectivity index (χ2v) is 7.01. The van der Waals surface area contributed by atoms with E-state index < -0.39 is 11.5 Å². The maximum absolute atomic E-state index is 12.5. The minimum absolute atomic E-state index is 0.0381. The number of H-pyrrole nitrogens is 1. The van der Waals surface area contributed by atoms with E-state index in [2.05, 4.69) is 10.3 Å². The quantitative estimate of drug-likeness (QED) is 0.742. The third kappa shape index (κ3) is 3.76. The molecule has 1 aromatic carbocycles. The lowest BCUT2D eigenvalue weighted by Crippen LogP contribution is -2.34. The zero-order valence-corrected chi connectivity index (χ0v) is 15.3. The second kappa shape index (κ2) is 7.51. The Balaban J connectivity index is 1.84. The molecule has 136 valence electrons. The van der Waals surface area contributed by atoms with Gasteiger partial charge in [0.2, 0.25) is 5.91 Å². The third-order valence-corrected chi connectivity index (χ3v) is 5.16. The fourth-order valence-corrected chi connectivity index (χ4v) is 3.71. The van der Waals surface area contributed by atoms with Crippen molar-refractivity contribution in [3.05, 3.63) is 67.0 Å². The maximum atomic E-state index is 12.5. The SMILES string of the molecule is NC(=O)c1cc2c([nH]c1=O)CCCC2NC(=O)Cc1c(Cl)cccc1Cl. The van der Waals surface area contributed by atoms with Crippen LogP contribution in [-0.2, 0) is 17.6 Å². The summed E-state index contributed by atoms with van der Waals surface area (Å²) >= 11 is 12.2. The van der Waals surface area contributed by atoms with Crippen LogP contribution in [0.2, 0.25) is 10.0 Å². The molecule has 0 saturated carbocycles. The number of carbonyl (C=O) groups is 2.